The Balaban J connectivity index is 0.000000469. The first-order valence-corrected chi connectivity index (χ1v) is 19.7. The van der Waals surface area contributed by atoms with Crippen LogP contribution in [-0.4, -0.2) is 54.4 Å². The third-order valence-electron chi connectivity index (χ3n) is 12.1. The van der Waals surface area contributed by atoms with Crippen molar-refractivity contribution in [3.63, 3.8) is 0 Å². The van der Waals surface area contributed by atoms with Crippen molar-refractivity contribution in [3.8, 4) is 12.3 Å². The Morgan fingerprint density at radius 2 is 1.67 bits per heavy atom. The molecule has 0 aromatic heterocycles. The smallest absolute Gasteiger partial charge is 0.218 e. The van der Waals surface area contributed by atoms with Gasteiger partial charge in [0.25, 0.3) is 0 Å². The Labute approximate surface area is 301 Å². The average molecular weight is 688 g/mol. The molecule has 4 rings (SSSR count). The molecule has 0 spiro atoms. The number of amides is 1. The summed E-state index contributed by atoms with van der Waals surface area (Å²) in [5.41, 5.74) is 5.50. The Kier molecular flexibility index (Phi) is 21.9. The number of aliphatic hydroxyl groups excluding tert-OH is 2. The molecule has 6 N–H and O–H groups in total. The zero-order chi connectivity index (χ0) is 37.1. The number of hydrogen-bond donors (Lipinski definition) is 5. The summed E-state index contributed by atoms with van der Waals surface area (Å²) in [6.07, 6.45) is 23.7. The van der Waals surface area contributed by atoms with Crippen LogP contribution < -0.4 is 16.4 Å². The summed E-state index contributed by atoms with van der Waals surface area (Å²) < 4.78 is 0. The Morgan fingerprint density at radius 1 is 1.02 bits per heavy atom. The lowest BCUT2D eigenvalue weighted by molar-refractivity contribution is -0.158. The molecule has 0 saturated heterocycles. The molecule has 0 aromatic rings. The van der Waals surface area contributed by atoms with Crippen LogP contribution in [0.1, 0.15) is 139 Å². The lowest BCUT2D eigenvalue weighted by atomic mass is 9.46. The number of nitrogens with one attached hydrogen (secondary N) is 2. The summed E-state index contributed by atoms with van der Waals surface area (Å²) >= 11 is 0. The number of terminal acetylenes is 1. The molecule has 7 nitrogen and oxygen atoms in total. The summed E-state index contributed by atoms with van der Waals surface area (Å²) in [5.74, 6) is 8.57. The second-order valence-corrected chi connectivity index (χ2v) is 16.6. The number of carbonyl (C=O) groups excluding carboxylic acids is 2. The Hall–Kier alpha value is -1.72. The number of allylic oxidation sites excluding steroid dienone is 2. The van der Waals surface area contributed by atoms with E-state index in [1.165, 1.54) is 51.9 Å². The lowest BCUT2D eigenvalue weighted by Crippen LogP contribution is -2.56. The molecule has 4 saturated carbocycles. The summed E-state index contributed by atoms with van der Waals surface area (Å²) in [4.78, 5) is 20.9. The van der Waals surface area contributed by atoms with Crippen molar-refractivity contribution in [2.24, 2.45) is 64.4 Å². The van der Waals surface area contributed by atoms with Gasteiger partial charge in [0.05, 0.1) is 18.4 Å². The molecule has 4 aliphatic rings. The number of hydrogen-bond acceptors (Lipinski definition) is 6. The summed E-state index contributed by atoms with van der Waals surface area (Å²) in [5, 5.41) is 26.9. The lowest BCUT2D eigenvalue weighted by Gasteiger charge is -2.60. The van der Waals surface area contributed by atoms with Crippen LogP contribution in [0.25, 0.3) is 0 Å². The van der Waals surface area contributed by atoms with E-state index in [1.54, 1.807) is 13.1 Å². The van der Waals surface area contributed by atoms with Crippen LogP contribution >= 0.6 is 0 Å². The second-order valence-electron chi connectivity index (χ2n) is 16.6. The van der Waals surface area contributed by atoms with E-state index in [0.717, 1.165) is 62.7 Å². The van der Waals surface area contributed by atoms with Crippen molar-refractivity contribution in [2.75, 3.05) is 13.6 Å². The largest absolute Gasteiger partial charge is 0.393 e. The molecule has 1 amide bonds. The monoisotopic (exact) mass is 688 g/mol. The van der Waals surface area contributed by atoms with Gasteiger partial charge in [-0.1, -0.05) is 67.4 Å². The third-order valence-corrected chi connectivity index (χ3v) is 12.1. The number of rotatable bonds is 11. The van der Waals surface area contributed by atoms with Crippen LogP contribution in [-0.2, 0) is 9.59 Å². The quantitative estimate of drug-likeness (QED) is 0.0664. The topological polar surface area (TPSA) is 125 Å². The first-order valence-electron chi connectivity index (χ1n) is 19.7. The molecule has 0 radical (unpaired) electrons. The first kappa shape index (κ1) is 45.3. The predicted molar refractivity (Wildman–Crippen MR) is 205 cm³/mol. The number of carbonyl (C=O) groups is 2. The molecule has 0 bridgehead atoms. The summed E-state index contributed by atoms with van der Waals surface area (Å²) in [6.45, 7) is 18.1. The minimum atomic E-state index is -0.161. The first-order chi connectivity index (χ1) is 23.2. The fourth-order valence-corrected chi connectivity index (χ4v) is 9.52. The molecule has 49 heavy (non-hydrogen) atoms. The summed E-state index contributed by atoms with van der Waals surface area (Å²) in [7, 11) is 1.75. The normalized spacial score (nSPS) is 32.8. The highest BCUT2D eigenvalue weighted by atomic mass is 16.3. The molecule has 4 aliphatic carbocycles. The third kappa shape index (κ3) is 14.8. The zero-order valence-corrected chi connectivity index (χ0v) is 32.9. The van der Waals surface area contributed by atoms with E-state index < -0.39 is 0 Å². The van der Waals surface area contributed by atoms with Crippen LogP contribution in [0.3, 0.4) is 0 Å². The average Bonchev–Trinajstić information content (AvgIpc) is 3.49. The molecule has 0 aliphatic heterocycles. The predicted octanol–water partition coefficient (Wildman–Crippen LogP) is 7.49. The van der Waals surface area contributed by atoms with Crippen LogP contribution in [0, 0.1) is 71.0 Å². The summed E-state index contributed by atoms with van der Waals surface area (Å²) in [6, 6.07) is 0. The highest BCUT2D eigenvalue weighted by molar-refractivity contribution is 5.73. The van der Waals surface area contributed by atoms with Gasteiger partial charge in [0.1, 0.15) is 6.29 Å². The van der Waals surface area contributed by atoms with Crippen LogP contribution in [0.2, 0.25) is 0 Å². The SMILES string of the molecule is C#CCC(NC)NC(C)=O.CC(C)CN.CC(CC/C=C/C=O)C1CCC2C1CCC1C2C(O)CC2CC(O)CCC21C.CCCC(C)C. The number of fused-ring (bicyclic) bond motifs is 5. The zero-order valence-electron chi connectivity index (χ0n) is 32.9. The maximum Gasteiger partial charge on any atom is 0.218 e. The second kappa shape index (κ2) is 23.7. The fourth-order valence-electron chi connectivity index (χ4n) is 9.52. The van der Waals surface area contributed by atoms with Gasteiger partial charge in [-0.25, -0.2) is 0 Å². The van der Waals surface area contributed by atoms with Gasteiger partial charge in [-0.05, 0) is 143 Å². The standard InChI is InChI=1S/C25H40O3.C7H12N2O.C6H14.C4H11N/c1-16(6-4-3-5-13-26)19-7-8-21-20(19)9-10-22-24(21)23(28)15-17-14-18(27)11-12-25(17,22)2;1-4-5-7(8-3)9-6(2)10;1-4-5-6(2)3;1-4(2)3-5/h3,5,13,16-24,27-28H,4,6-12,14-15H2,1-2H3;1,7-8H,5H2,2-3H3,(H,9,10);6H,4-5H2,1-3H3;4H,3,5H2,1-2H3/b5-3+;;;. The van der Waals surface area contributed by atoms with E-state index in [0.29, 0.717) is 47.3 Å². The van der Waals surface area contributed by atoms with Gasteiger partial charge in [0.15, 0.2) is 0 Å². The van der Waals surface area contributed by atoms with Gasteiger partial charge in [-0.2, -0.15) is 0 Å². The van der Waals surface area contributed by atoms with Gasteiger partial charge in [0.2, 0.25) is 5.91 Å². The molecular formula is C42H77N3O4. The molecule has 11 unspecified atom stereocenters. The fraction of sp³-hybridized carbons (Fsp3) is 0.857. The van der Waals surface area contributed by atoms with Crippen molar-refractivity contribution in [1.82, 2.24) is 10.6 Å². The highest BCUT2D eigenvalue weighted by Crippen LogP contribution is 2.64. The van der Waals surface area contributed by atoms with Crippen molar-refractivity contribution < 1.29 is 19.8 Å². The maximum absolute atomic E-state index is 11.2. The molecule has 0 aromatic carbocycles. The highest BCUT2D eigenvalue weighted by Gasteiger charge is 2.59. The minimum Gasteiger partial charge on any atom is -0.393 e. The van der Waals surface area contributed by atoms with Crippen LogP contribution in [0.5, 0.6) is 0 Å². The van der Waals surface area contributed by atoms with Gasteiger partial charge in [-0.3, -0.25) is 14.9 Å². The van der Waals surface area contributed by atoms with E-state index in [-0.39, 0.29) is 24.3 Å². The van der Waals surface area contributed by atoms with Crippen molar-refractivity contribution >= 4 is 12.2 Å². The van der Waals surface area contributed by atoms with E-state index in [2.05, 4.69) is 65.0 Å². The Morgan fingerprint density at radius 3 is 2.18 bits per heavy atom. The van der Waals surface area contributed by atoms with Crippen LogP contribution in [0.4, 0.5) is 0 Å². The van der Waals surface area contributed by atoms with E-state index in [4.69, 9.17) is 12.2 Å². The van der Waals surface area contributed by atoms with Gasteiger partial charge in [-0.15, -0.1) is 12.3 Å². The Bertz CT molecular complexity index is 993. The van der Waals surface area contributed by atoms with E-state index >= 15 is 0 Å². The van der Waals surface area contributed by atoms with Crippen molar-refractivity contribution in [2.45, 2.75) is 157 Å². The van der Waals surface area contributed by atoms with Crippen molar-refractivity contribution in [1.29, 1.82) is 0 Å². The van der Waals surface area contributed by atoms with Gasteiger partial charge >= 0.3 is 0 Å². The molecule has 7 heteroatoms. The maximum atomic E-state index is 11.2. The van der Waals surface area contributed by atoms with Gasteiger partial charge < -0.3 is 21.3 Å². The molecular weight excluding hydrogens is 610 g/mol. The van der Waals surface area contributed by atoms with E-state index in [9.17, 15) is 19.8 Å². The number of aldehydes is 1. The molecule has 284 valence electrons. The molecule has 0 heterocycles. The van der Waals surface area contributed by atoms with Gasteiger partial charge in [0, 0.05) is 13.3 Å². The van der Waals surface area contributed by atoms with Crippen molar-refractivity contribution in [3.05, 3.63) is 12.2 Å². The molecule has 11 atom stereocenters. The van der Waals surface area contributed by atoms with E-state index in [1.807, 2.05) is 6.08 Å². The minimum absolute atomic E-state index is 0.0744. The number of aliphatic hydroxyl groups is 2. The number of nitrogens with two attached hydrogens (primary N) is 1. The van der Waals surface area contributed by atoms with Crippen LogP contribution in [0.15, 0.2) is 12.2 Å². The molecule has 4 fully saturated rings.